The minimum atomic E-state index is -0.941. The van der Waals surface area contributed by atoms with Crippen molar-refractivity contribution in [3.63, 3.8) is 0 Å². The van der Waals surface area contributed by atoms with Gasteiger partial charge in [-0.2, -0.15) is 0 Å². The number of fused-ring (bicyclic) bond motifs is 3. The molecule has 2 aromatic rings. The number of nitrogens with zero attached hydrogens (tertiary/aromatic N) is 1. The molecule has 7 nitrogen and oxygen atoms in total. The Hall–Kier alpha value is -2.90. The molecule has 7 heteroatoms. The lowest BCUT2D eigenvalue weighted by molar-refractivity contribution is -0.153. The molecule has 0 aromatic heterocycles. The van der Waals surface area contributed by atoms with Gasteiger partial charge in [0, 0.05) is 12.3 Å². The maximum Gasteiger partial charge on any atom is 0.407 e. The van der Waals surface area contributed by atoms with Crippen molar-refractivity contribution in [3.05, 3.63) is 71.3 Å². The van der Waals surface area contributed by atoms with Gasteiger partial charge in [-0.05, 0) is 71.1 Å². The lowest BCUT2D eigenvalue weighted by atomic mass is 9.89. The molecule has 1 fully saturated rings. The highest BCUT2D eigenvalue weighted by atomic mass is 16.6. The summed E-state index contributed by atoms with van der Waals surface area (Å²) in [7, 11) is 0. The molecule has 0 saturated carbocycles. The minimum Gasteiger partial charge on any atom is -0.444 e. The van der Waals surface area contributed by atoms with Gasteiger partial charge in [0.05, 0.1) is 24.3 Å². The Bertz CT molecular complexity index is 1110. The second kappa shape index (κ2) is 10.5. The van der Waals surface area contributed by atoms with E-state index in [1.165, 1.54) is 5.56 Å². The molecule has 2 amide bonds. The first-order chi connectivity index (χ1) is 17.4. The number of carbonyl (C=O) groups excluding carboxylic acids is 2. The van der Waals surface area contributed by atoms with E-state index in [1.54, 1.807) is 27.7 Å². The lowest BCUT2D eigenvalue weighted by Gasteiger charge is -2.37. The fraction of sp³-hybridized carbons (Fsp3) is 0.533. The van der Waals surface area contributed by atoms with Crippen LogP contribution < -0.4 is 5.32 Å². The summed E-state index contributed by atoms with van der Waals surface area (Å²) in [4.78, 5) is 28.5. The van der Waals surface area contributed by atoms with E-state index in [0.717, 1.165) is 17.5 Å². The monoisotopic (exact) mass is 508 g/mol. The highest BCUT2D eigenvalue weighted by molar-refractivity contribution is 5.81. The van der Waals surface area contributed by atoms with Crippen LogP contribution in [0.2, 0.25) is 0 Å². The number of amides is 2. The molecule has 2 aromatic carbocycles. The van der Waals surface area contributed by atoms with Crippen molar-refractivity contribution in [2.75, 3.05) is 0 Å². The average Bonchev–Trinajstić information content (AvgIpc) is 3.27. The Kier molecular flexibility index (Phi) is 7.67. The molecule has 0 unspecified atom stereocenters. The molecule has 4 rings (SSSR count). The summed E-state index contributed by atoms with van der Waals surface area (Å²) >= 11 is 0. The van der Waals surface area contributed by atoms with Crippen LogP contribution in [0.5, 0.6) is 0 Å². The van der Waals surface area contributed by atoms with Crippen molar-refractivity contribution in [1.29, 1.82) is 0 Å². The molecule has 5 atom stereocenters. The van der Waals surface area contributed by atoms with Gasteiger partial charge >= 0.3 is 6.09 Å². The smallest absolute Gasteiger partial charge is 0.407 e. The molecule has 1 aliphatic carbocycles. The van der Waals surface area contributed by atoms with Crippen LogP contribution in [-0.4, -0.2) is 51.6 Å². The van der Waals surface area contributed by atoms with Gasteiger partial charge in [0.1, 0.15) is 11.3 Å². The van der Waals surface area contributed by atoms with Gasteiger partial charge < -0.3 is 24.8 Å². The first-order valence-corrected chi connectivity index (χ1v) is 13.2. The van der Waals surface area contributed by atoms with Crippen LogP contribution in [0, 0.1) is 5.92 Å². The van der Waals surface area contributed by atoms with E-state index in [9.17, 15) is 14.7 Å². The molecule has 0 spiro atoms. The third-order valence-electron chi connectivity index (χ3n) is 7.20. The molecule has 2 aliphatic rings. The molecule has 0 radical (unpaired) electrons. The summed E-state index contributed by atoms with van der Waals surface area (Å²) in [6.45, 7) is 11.0. The lowest BCUT2D eigenvalue weighted by Crippen LogP contribution is -2.50. The van der Waals surface area contributed by atoms with Crippen LogP contribution in [0.1, 0.15) is 70.7 Å². The van der Waals surface area contributed by atoms with E-state index in [-0.39, 0.29) is 24.5 Å². The number of aliphatic hydroxyl groups excluding tert-OH is 1. The topological polar surface area (TPSA) is 88.1 Å². The number of alkyl carbamates (subject to hydrolysis) is 1. The summed E-state index contributed by atoms with van der Waals surface area (Å²) in [5, 5.41) is 13.8. The van der Waals surface area contributed by atoms with E-state index in [4.69, 9.17) is 9.47 Å². The first-order valence-electron chi connectivity index (χ1n) is 13.2. The van der Waals surface area contributed by atoms with Crippen molar-refractivity contribution in [2.24, 2.45) is 5.92 Å². The van der Waals surface area contributed by atoms with Gasteiger partial charge in [0.2, 0.25) is 5.91 Å². The number of benzene rings is 2. The third-order valence-corrected chi connectivity index (χ3v) is 7.20. The Morgan fingerprint density at radius 2 is 1.78 bits per heavy atom. The zero-order chi connectivity index (χ0) is 27.0. The van der Waals surface area contributed by atoms with E-state index >= 15 is 0 Å². The van der Waals surface area contributed by atoms with Crippen molar-refractivity contribution < 1.29 is 24.2 Å². The Morgan fingerprint density at radius 1 is 1.14 bits per heavy atom. The fourth-order valence-electron chi connectivity index (χ4n) is 5.57. The average molecular weight is 509 g/mol. The maximum absolute atomic E-state index is 14.3. The number of ether oxygens (including phenoxy) is 2. The van der Waals surface area contributed by atoms with E-state index in [2.05, 4.69) is 17.4 Å². The molecule has 2 N–H and O–H groups in total. The third kappa shape index (κ3) is 6.16. The Morgan fingerprint density at radius 3 is 2.46 bits per heavy atom. The van der Waals surface area contributed by atoms with Gasteiger partial charge in [-0.1, -0.05) is 54.6 Å². The first kappa shape index (κ1) is 27.1. The van der Waals surface area contributed by atoms with E-state index in [1.807, 2.05) is 61.2 Å². The van der Waals surface area contributed by atoms with E-state index < -0.39 is 35.5 Å². The SMILES string of the molecule is C[C@H](NC(=O)OC(C)(C)C)[C@H](O)C[C@H](Cc1ccccc1)C(=O)N1[C@H]2c3ccccc3C[C@H]2OC1(C)C. The van der Waals surface area contributed by atoms with Crippen LogP contribution >= 0.6 is 0 Å². The Labute approximate surface area is 220 Å². The van der Waals surface area contributed by atoms with Gasteiger partial charge in [-0.25, -0.2) is 4.79 Å². The molecule has 200 valence electrons. The number of rotatable bonds is 7. The van der Waals surface area contributed by atoms with E-state index in [0.29, 0.717) is 6.42 Å². The summed E-state index contributed by atoms with van der Waals surface area (Å²) in [5.41, 5.74) is 1.93. The summed E-state index contributed by atoms with van der Waals surface area (Å²) in [5.74, 6) is -0.559. The number of hydrogen-bond donors (Lipinski definition) is 2. The summed E-state index contributed by atoms with van der Waals surface area (Å²) in [6, 6.07) is 17.3. The molecule has 1 saturated heterocycles. The van der Waals surface area contributed by atoms with Gasteiger partial charge in [0.15, 0.2) is 0 Å². The maximum atomic E-state index is 14.3. The van der Waals surface area contributed by atoms with Crippen LogP contribution in [0.25, 0.3) is 0 Å². The zero-order valence-corrected chi connectivity index (χ0v) is 22.7. The van der Waals surface area contributed by atoms with Crippen LogP contribution in [0.15, 0.2) is 54.6 Å². The molecule has 0 bridgehead atoms. The quantitative estimate of drug-likeness (QED) is 0.563. The van der Waals surface area contributed by atoms with Crippen LogP contribution in [0.3, 0.4) is 0 Å². The predicted octanol–water partition coefficient (Wildman–Crippen LogP) is 4.77. The fourth-order valence-corrected chi connectivity index (χ4v) is 5.57. The standard InChI is InChI=1S/C30H40N2O5/c1-19(31-28(35)37-29(2,3)4)24(33)17-22(16-20-12-8-7-9-13-20)27(34)32-26-23-15-11-10-14-21(23)18-25(26)36-30(32,5)6/h7-15,19,22,24-26,33H,16-18H2,1-6H3,(H,31,35)/t19-,22-,24+,25+,26-/m0/s1. The summed E-state index contributed by atoms with van der Waals surface area (Å²) in [6.07, 6.45) is -0.186. The molecule has 1 aliphatic heterocycles. The van der Waals surface area contributed by atoms with Crippen molar-refractivity contribution >= 4 is 12.0 Å². The van der Waals surface area contributed by atoms with Crippen molar-refractivity contribution in [3.8, 4) is 0 Å². The predicted molar refractivity (Wildman–Crippen MR) is 142 cm³/mol. The number of nitrogens with one attached hydrogen (secondary N) is 1. The Balaban J connectivity index is 1.57. The normalized spacial score (nSPS) is 22.5. The number of hydrogen-bond acceptors (Lipinski definition) is 5. The molecule has 1 heterocycles. The molecular weight excluding hydrogens is 468 g/mol. The number of aliphatic hydroxyl groups is 1. The van der Waals surface area contributed by atoms with Crippen molar-refractivity contribution in [2.45, 2.75) is 96.4 Å². The molecular formula is C30H40N2O5. The highest BCUT2D eigenvalue weighted by Crippen LogP contribution is 2.49. The minimum absolute atomic E-state index is 0.0541. The van der Waals surface area contributed by atoms with Crippen LogP contribution in [-0.2, 0) is 27.1 Å². The van der Waals surface area contributed by atoms with Gasteiger partial charge in [-0.15, -0.1) is 0 Å². The van der Waals surface area contributed by atoms with Crippen LogP contribution in [0.4, 0.5) is 4.79 Å². The zero-order valence-electron chi connectivity index (χ0n) is 22.7. The highest BCUT2D eigenvalue weighted by Gasteiger charge is 2.54. The second-order valence-corrected chi connectivity index (χ2v) is 11.8. The second-order valence-electron chi connectivity index (χ2n) is 11.8. The summed E-state index contributed by atoms with van der Waals surface area (Å²) < 4.78 is 11.8. The molecule has 37 heavy (non-hydrogen) atoms. The van der Waals surface area contributed by atoms with Gasteiger partial charge in [-0.3, -0.25) is 4.79 Å². The van der Waals surface area contributed by atoms with Crippen molar-refractivity contribution in [1.82, 2.24) is 10.2 Å². The van der Waals surface area contributed by atoms with Gasteiger partial charge in [0.25, 0.3) is 0 Å². The largest absolute Gasteiger partial charge is 0.444 e. The number of carbonyl (C=O) groups is 2.